The van der Waals surface area contributed by atoms with Gasteiger partial charge in [0.25, 0.3) is 0 Å². The number of allylic oxidation sites excluding steroid dienone is 1. The number of rotatable bonds is 4. The second kappa shape index (κ2) is 6.74. The first-order valence-corrected chi connectivity index (χ1v) is 7.00. The third kappa shape index (κ3) is 3.19. The Hall–Kier alpha value is -2.15. The molecule has 1 heterocycles. The largest absolute Gasteiger partial charge is 0.463 e. The lowest BCUT2D eigenvalue weighted by atomic mass is 9.95. The summed E-state index contributed by atoms with van der Waals surface area (Å²) in [7, 11) is 0. The molecule has 22 heavy (non-hydrogen) atoms. The van der Waals surface area contributed by atoms with Crippen molar-refractivity contribution in [1.82, 2.24) is 10.6 Å². The van der Waals surface area contributed by atoms with E-state index in [-0.39, 0.29) is 29.3 Å². The van der Waals surface area contributed by atoms with Crippen molar-refractivity contribution in [2.24, 2.45) is 0 Å². The summed E-state index contributed by atoms with van der Waals surface area (Å²) in [4.78, 5) is 23.8. The van der Waals surface area contributed by atoms with Crippen molar-refractivity contribution in [3.63, 3.8) is 0 Å². The van der Waals surface area contributed by atoms with Gasteiger partial charge in [-0.15, -0.1) is 11.6 Å². The van der Waals surface area contributed by atoms with Crippen LogP contribution in [0.4, 0.5) is 13.6 Å². The Morgan fingerprint density at radius 2 is 2.09 bits per heavy atom. The zero-order chi connectivity index (χ0) is 16.3. The van der Waals surface area contributed by atoms with E-state index in [1.165, 1.54) is 6.07 Å². The number of alkyl halides is 1. The van der Waals surface area contributed by atoms with E-state index < -0.39 is 29.7 Å². The second-order valence-electron chi connectivity index (χ2n) is 4.45. The van der Waals surface area contributed by atoms with Crippen LogP contribution in [0.3, 0.4) is 0 Å². The highest BCUT2D eigenvalue weighted by molar-refractivity contribution is 6.20. The van der Waals surface area contributed by atoms with E-state index in [9.17, 15) is 18.4 Å². The van der Waals surface area contributed by atoms with Gasteiger partial charge in [0.2, 0.25) is 0 Å². The van der Waals surface area contributed by atoms with Crippen LogP contribution in [0, 0.1) is 11.6 Å². The summed E-state index contributed by atoms with van der Waals surface area (Å²) in [5.74, 6) is -2.94. The average Bonchev–Trinajstić information content (AvgIpc) is 2.49. The number of halogens is 3. The van der Waals surface area contributed by atoms with Crippen LogP contribution in [-0.2, 0) is 9.53 Å². The van der Waals surface area contributed by atoms with E-state index >= 15 is 0 Å². The van der Waals surface area contributed by atoms with Gasteiger partial charge in [-0.1, -0.05) is 6.07 Å². The van der Waals surface area contributed by atoms with Gasteiger partial charge in [0.05, 0.1) is 24.1 Å². The Labute approximate surface area is 130 Å². The van der Waals surface area contributed by atoms with Crippen molar-refractivity contribution in [2.75, 3.05) is 12.5 Å². The zero-order valence-electron chi connectivity index (χ0n) is 11.6. The van der Waals surface area contributed by atoms with Crippen molar-refractivity contribution in [3.05, 3.63) is 46.7 Å². The summed E-state index contributed by atoms with van der Waals surface area (Å²) in [6.07, 6.45) is 0. The molecule has 118 valence electrons. The van der Waals surface area contributed by atoms with Gasteiger partial charge in [-0.25, -0.2) is 18.4 Å². The van der Waals surface area contributed by atoms with E-state index in [4.69, 9.17) is 16.3 Å². The van der Waals surface area contributed by atoms with Gasteiger partial charge >= 0.3 is 12.0 Å². The Balaban J connectivity index is 2.51. The number of amides is 2. The lowest BCUT2D eigenvalue weighted by Crippen LogP contribution is -2.46. The third-order valence-electron chi connectivity index (χ3n) is 3.06. The first kappa shape index (κ1) is 16.2. The van der Waals surface area contributed by atoms with Crippen molar-refractivity contribution in [2.45, 2.75) is 13.0 Å². The molecular weight excluding hydrogens is 318 g/mol. The average molecular weight is 331 g/mol. The maximum atomic E-state index is 13.4. The van der Waals surface area contributed by atoms with Crippen LogP contribution in [0.5, 0.6) is 0 Å². The topological polar surface area (TPSA) is 67.4 Å². The van der Waals surface area contributed by atoms with Crippen LogP contribution in [0.2, 0.25) is 0 Å². The number of nitrogens with one attached hydrogen (secondary N) is 2. The summed E-state index contributed by atoms with van der Waals surface area (Å²) < 4.78 is 31.4. The zero-order valence-corrected chi connectivity index (χ0v) is 12.3. The highest BCUT2D eigenvalue weighted by Gasteiger charge is 2.33. The van der Waals surface area contributed by atoms with Gasteiger partial charge in [-0.05, 0) is 24.6 Å². The second-order valence-corrected chi connectivity index (χ2v) is 4.72. The van der Waals surface area contributed by atoms with E-state index in [1.807, 2.05) is 0 Å². The minimum atomic E-state index is -1.08. The Kier molecular flexibility index (Phi) is 4.97. The molecule has 1 aromatic carbocycles. The highest BCUT2D eigenvalue weighted by atomic mass is 35.5. The molecule has 0 aromatic heterocycles. The number of carbonyl (C=O) groups excluding carboxylic acids is 2. The van der Waals surface area contributed by atoms with E-state index in [1.54, 1.807) is 6.92 Å². The minimum Gasteiger partial charge on any atom is -0.463 e. The monoisotopic (exact) mass is 330 g/mol. The van der Waals surface area contributed by atoms with Crippen LogP contribution < -0.4 is 10.6 Å². The molecule has 0 spiro atoms. The molecular formula is C14H13ClF2N2O3. The molecule has 2 rings (SSSR count). The normalized spacial score (nSPS) is 17.8. The molecule has 0 fully saturated rings. The Morgan fingerprint density at radius 1 is 1.36 bits per heavy atom. The van der Waals surface area contributed by atoms with Gasteiger partial charge in [0, 0.05) is 5.70 Å². The highest BCUT2D eigenvalue weighted by Crippen LogP contribution is 2.29. The molecule has 5 nitrogen and oxygen atoms in total. The molecule has 0 saturated carbocycles. The van der Waals surface area contributed by atoms with Crippen molar-refractivity contribution < 1.29 is 23.1 Å². The fourth-order valence-corrected chi connectivity index (χ4v) is 2.33. The quantitative estimate of drug-likeness (QED) is 0.658. The molecule has 1 atom stereocenters. The van der Waals surface area contributed by atoms with E-state index in [0.717, 1.165) is 12.1 Å². The molecule has 0 aliphatic carbocycles. The van der Waals surface area contributed by atoms with Crippen LogP contribution >= 0.6 is 11.6 Å². The minimum absolute atomic E-state index is 0.0578. The molecule has 0 radical (unpaired) electrons. The molecule has 1 aliphatic rings. The van der Waals surface area contributed by atoms with Gasteiger partial charge < -0.3 is 15.4 Å². The number of urea groups is 1. The number of benzene rings is 1. The van der Waals surface area contributed by atoms with Crippen LogP contribution in [0.1, 0.15) is 18.5 Å². The van der Waals surface area contributed by atoms with Crippen LogP contribution in [-0.4, -0.2) is 24.5 Å². The first-order valence-electron chi connectivity index (χ1n) is 6.46. The molecule has 8 heteroatoms. The molecule has 1 aliphatic heterocycles. The molecule has 2 amide bonds. The van der Waals surface area contributed by atoms with Crippen molar-refractivity contribution in [3.8, 4) is 0 Å². The summed E-state index contributed by atoms with van der Waals surface area (Å²) in [6, 6.07) is 1.54. The van der Waals surface area contributed by atoms with Gasteiger partial charge in [-0.2, -0.15) is 0 Å². The van der Waals surface area contributed by atoms with Crippen molar-refractivity contribution in [1.29, 1.82) is 0 Å². The predicted octanol–water partition coefficient (Wildman–Crippen LogP) is 2.37. The SMILES string of the molecule is CCOC(=O)C1=C(CCl)NC(=O)NC1c1ccc(F)c(F)c1. The Bertz CT molecular complexity index is 649. The molecule has 1 aromatic rings. The van der Waals surface area contributed by atoms with E-state index in [0.29, 0.717) is 0 Å². The summed E-state index contributed by atoms with van der Waals surface area (Å²) in [5, 5.41) is 4.89. The van der Waals surface area contributed by atoms with Gasteiger partial charge in [0.15, 0.2) is 11.6 Å². The number of hydrogen-bond donors (Lipinski definition) is 2. The smallest absolute Gasteiger partial charge is 0.338 e. The molecule has 1 unspecified atom stereocenters. The lowest BCUT2D eigenvalue weighted by molar-refractivity contribution is -0.139. The maximum absolute atomic E-state index is 13.4. The molecule has 0 bridgehead atoms. The van der Waals surface area contributed by atoms with Crippen LogP contribution in [0.15, 0.2) is 29.5 Å². The summed E-state index contributed by atoms with van der Waals surface area (Å²) in [6.45, 7) is 1.75. The molecule has 0 saturated heterocycles. The number of ether oxygens (including phenoxy) is 1. The number of carbonyl (C=O) groups is 2. The Morgan fingerprint density at radius 3 is 2.68 bits per heavy atom. The fraction of sp³-hybridized carbons (Fsp3) is 0.286. The first-order chi connectivity index (χ1) is 10.5. The third-order valence-corrected chi connectivity index (χ3v) is 3.33. The maximum Gasteiger partial charge on any atom is 0.338 e. The van der Waals surface area contributed by atoms with Crippen molar-refractivity contribution >= 4 is 23.6 Å². The van der Waals surface area contributed by atoms with E-state index in [2.05, 4.69) is 10.6 Å². The fourth-order valence-electron chi connectivity index (χ4n) is 2.12. The summed E-state index contributed by atoms with van der Waals surface area (Å²) in [5.41, 5.74) is 0.431. The summed E-state index contributed by atoms with van der Waals surface area (Å²) >= 11 is 5.75. The number of hydrogen-bond acceptors (Lipinski definition) is 3. The lowest BCUT2D eigenvalue weighted by Gasteiger charge is -2.28. The predicted molar refractivity (Wildman–Crippen MR) is 75.1 cm³/mol. The van der Waals surface area contributed by atoms with Gasteiger partial charge in [0.1, 0.15) is 0 Å². The van der Waals surface area contributed by atoms with Gasteiger partial charge in [-0.3, -0.25) is 0 Å². The standard InChI is InChI=1S/C14H13ClF2N2O3/c1-2-22-13(20)11-10(6-15)18-14(21)19-12(11)7-3-4-8(16)9(17)5-7/h3-5,12H,2,6H2,1H3,(H2,18,19,21). The number of esters is 1. The van der Waals surface area contributed by atoms with Crippen LogP contribution in [0.25, 0.3) is 0 Å². The molecule has 2 N–H and O–H groups in total.